The second kappa shape index (κ2) is 12.5. The Hall–Kier alpha value is -3.66. The van der Waals surface area contributed by atoms with E-state index in [-0.39, 0.29) is 57.9 Å². The van der Waals surface area contributed by atoms with Gasteiger partial charge in [-0.3, -0.25) is 9.52 Å². The van der Waals surface area contributed by atoms with Gasteiger partial charge >= 0.3 is 0 Å². The molecule has 1 aliphatic heterocycles. The maximum Gasteiger partial charge on any atom is 0.267 e. The Morgan fingerprint density at radius 1 is 1.16 bits per heavy atom. The highest BCUT2D eigenvalue weighted by molar-refractivity contribution is 7.92. The number of carbonyl (C=O) groups is 1. The molecule has 2 heterocycles. The van der Waals surface area contributed by atoms with Crippen LogP contribution in [0.4, 0.5) is 5.69 Å². The van der Waals surface area contributed by atoms with E-state index < -0.39 is 44.0 Å². The van der Waals surface area contributed by atoms with Gasteiger partial charge in [0.1, 0.15) is 17.5 Å². The molecule has 0 saturated carbocycles. The summed E-state index contributed by atoms with van der Waals surface area (Å²) < 4.78 is 73.9. The van der Waals surface area contributed by atoms with Crippen molar-refractivity contribution in [3.05, 3.63) is 59.5 Å². The number of fused-ring (bicyclic) bond motifs is 1. The Morgan fingerprint density at radius 2 is 1.84 bits per heavy atom. The second-order valence-electron chi connectivity index (χ2n) is 10.5. The zero-order valence-electron chi connectivity index (χ0n) is 24.8. The van der Waals surface area contributed by atoms with Gasteiger partial charge in [-0.2, -0.15) is 4.31 Å². The number of aryl methyl sites for hydroxylation is 2. The molecule has 0 saturated heterocycles. The Bertz CT molecular complexity index is 1670. The topological polar surface area (TPSA) is 169 Å². The minimum Gasteiger partial charge on any atom is -0.497 e. The summed E-state index contributed by atoms with van der Waals surface area (Å²) in [7, 11) is -5.29. The lowest BCUT2D eigenvalue weighted by Crippen LogP contribution is -2.50. The summed E-state index contributed by atoms with van der Waals surface area (Å²) >= 11 is 0. The first-order valence-corrected chi connectivity index (χ1v) is 16.4. The molecule has 1 amide bonds. The zero-order valence-corrected chi connectivity index (χ0v) is 26.4. The predicted molar refractivity (Wildman–Crippen MR) is 157 cm³/mol. The van der Waals surface area contributed by atoms with Crippen LogP contribution in [0.1, 0.15) is 35.7 Å². The summed E-state index contributed by atoms with van der Waals surface area (Å²) in [6.07, 6.45) is -0.831. The van der Waals surface area contributed by atoms with Crippen molar-refractivity contribution in [3.8, 4) is 11.5 Å². The van der Waals surface area contributed by atoms with Gasteiger partial charge in [0, 0.05) is 19.5 Å². The normalized spacial score (nSPS) is 18.4. The second-order valence-corrected chi connectivity index (χ2v) is 14.2. The van der Waals surface area contributed by atoms with Gasteiger partial charge in [0.15, 0.2) is 16.4 Å². The monoisotopic (exact) mass is 636 g/mol. The van der Waals surface area contributed by atoms with E-state index in [2.05, 4.69) is 9.88 Å². The van der Waals surface area contributed by atoms with Crippen molar-refractivity contribution in [2.24, 2.45) is 5.92 Å². The number of likely N-dealkylation sites (N-methyl/N-ethyl adjacent to an activating group) is 1. The standard InChI is InChI=1S/C28H36N4O9S2/c1-17-14-32(18(2)16-33)28(34)23-8-7-9-24(30-42(35,36)27-19(3)29-41-20(27)4)26(23)40-25(17)15-31(5)43(37,38)22-12-10-21(39-6)11-13-22/h7-13,17-18,25,30,33H,14-16H2,1-6H3/t17-,18-,25-/m0/s1. The van der Waals surface area contributed by atoms with Gasteiger partial charge in [-0.05, 0) is 57.2 Å². The third-order valence-electron chi connectivity index (χ3n) is 7.38. The van der Waals surface area contributed by atoms with Crippen molar-refractivity contribution in [3.63, 3.8) is 0 Å². The highest BCUT2D eigenvalue weighted by Crippen LogP contribution is 2.37. The molecule has 0 bridgehead atoms. The molecule has 234 valence electrons. The van der Waals surface area contributed by atoms with E-state index in [1.54, 1.807) is 26.0 Å². The number of carbonyl (C=O) groups excluding carboxylic acids is 1. The van der Waals surface area contributed by atoms with Crippen molar-refractivity contribution < 1.29 is 40.7 Å². The van der Waals surface area contributed by atoms with Gasteiger partial charge in [0.25, 0.3) is 15.9 Å². The van der Waals surface area contributed by atoms with Crippen molar-refractivity contribution >= 4 is 31.6 Å². The van der Waals surface area contributed by atoms with Gasteiger partial charge in [-0.25, -0.2) is 16.8 Å². The minimum absolute atomic E-state index is 0.0257. The molecule has 0 aliphatic carbocycles. The van der Waals surface area contributed by atoms with E-state index in [0.717, 1.165) is 4.31 Å². The van der Waals surface area contributed by atoms with Crippen LogP contribution in [0.5, 0.6) is 11.5 Å². The van der Waals surface area contributed by atoms with Crippen molar-refractivity contribution in [2.75, 3.05) is 38.6 Å². The maximum atomic E-state index is 13.7. The Labute approximate surface area is 251 Å². The van der Waals surface area contributed by atoms with Crippen molar-refractivity contribution in [2.45, 2.75) is 49.6 Å². The van der Waals surface area contributed by atoms with Crippen LogP contribution in [0.2, 0.25) is 0 Å². The quantitative estimate of drug-likeness (QED) is 0.337. The van der Waals surface area contributed by atoms with Crippen LogP contribution >= 0.6 is 0 Å². The lowest BCUT2D eigenvalue weighted by molar-refractivity contribution is 0.0389. The van der Waals surface area contributed by atoms with Crippen LogP contribution < -0.4 is 14.2 Å². The minimum atomic E-state index is -4.22. The molecule has 1 aliphatic rings. The molecule has 2 N–H and O–H groups in total. The van der Waals surface area contributed by atoms with Gasteiger partial charge in [0.2, 0.25) is 10.0 Å². The molecule has 43 heavy (non-hydrogen) atoms. The van der Waals surface area contributed by atoms with Gasteiger partial charge in [-0.15, -0.1) is 0 Å². The largest absolute Gasteiger partial charge is 0.497 e. The Kier molecular flexibility index (Phi) is 9.39. The fourth-order valence-corrected chi connectivity index (χ4v) is 7.45. The third kappa shape index (κ3) is 6.49. The van der Waals surface area contributed by atoms with Crippen LogP contribution in [0, 0.1) is 19.8 Å². The van der Waals surface area contributed by atoms with Gasteiger partial charge in [0.05, 0.1) is 42.4 Å². The van der Waals surface area contributed by atoms with Crippen molar-refractivity contribution in [1.82, 2.24) is 14.4 Å². The number of anilines is 1. The van der Waals surface area contributed by atoms with Crippen LogP contribution in [-0.2, 0) is 20.0 Å². The van der Waals surface area contributed by atoms with E-state index in [0.29, 0.717) is 5.75 Å². The Balaban J connectivity index is 1.76. The summed E-state index contributed by atoms with van der Waals surface area (Å²) in [6.45, 7) is 6.15. The molecule has 3 atom stereocenters. The van der Waals surface area contributed by atoms with E-state index >= 15 is 0 Å². The third-order valence-corrected chi connectivity index (χ3v) is 10.8. The molecule has 13 nitrogen and oxygen atoms in total. The fourth-order valence-electron chi connectivity index (χ4n) is 4.87. The van der Waals surface area contributed by atoms with Crippen LogP contribution in [0.15, 0.2) is 56.8 Å². The molecule has 1 aromatic heterocycles. The number of nitrogens with one attached hydrogen (secondary N) is 1. The predicted octanol–water partition coefficient (Wildman–Crippen LogP) is 2.64. The molecule has 15 heteroatoms. The highest BCUT2D eigenvalue weighted by atomic mass is 32.2. The number of aliphatic hydroxyl groups excluding tert-OH is 1. The lowest BCUT2D eigenvalue weighted by atomic mass is 9.99. The molecule has 2 aromatic carbocycles. The number of aliphatic hydroxyl groups is 1. The zero-order chi connectivity index (χ0) is 31.7. The van der Waals surface area contributed by atoms with Crippen LogP contribution in [0.25, 0.3) is 0 Å². The maximum absolute atomic E-state index is 13.7. The van der Waals surface area contributed by atoms with E-state index in [1.165, 1.54) is 63.2 Å². The van der Waals surface area contributed by atoms with Crippen LogP contribution in [0.3, 0.4) is 0 Å². The molecular weight excluding hydrogens is 600 g/mol. The number of benzene rings is 2. The number of hydrogen-bond donors (Lipinski definition) is 2. The summed E-state index contributed by atoms with van der Waals surface area (Å²) in [6, 6.07) is 9.83. The fraction of sp³-hybridized carbons (Fsp3) is 0.429. The number of sulfonamides is 2. The van der Waals surface area contributed by atoms with E-state index in [1.807, 2.05) is 0 Å². The average molecular weight is 637 g/mol. The molecule has 0 spiro atoms. The summed E-state index contributed by atoms with van der Waals surface area (Å²) in [5, 5.41) is 13.6. The summed E-state index contributed by atoms with van der Waals surface area (Å²) in [4.78, 5) is 15.1. The van der Waals surface area contributed by atoms with E-state index in [4.69, 9.17) is 14.0 Å². The lowest BCUT2D eigenvalue weighted by Gasteiger charge is -2.38. The SMILES string of the molecule is COc1ccc(S(=O)(=O)N(C)C[C@@H]2Oc3c(NS(=O)(=O)c4c(C)noc4C)cccc3C(=O)N([C@@H](C)CO)C[C@@H]2C)cc1. The number of hydrogen-bond acceptors (Lipinski definition) is 10. The molecule has 0 radical (unpaired) electrons. The Morgan fingerprint density at radius 3 is 2.42 bits per heavy atom. The number of rotatable bonds is 10. The number of amides is 1. The smallest absolute Gasteiger partial charge is 0.267 e. The average Bonchev–Trinajstić information content (AvgIpc) is 3.32. The number of ether oxygens (including phenoxy) is 2. The highest BCUT2D eigenvalue weighted by Gasteiger charge is 2.37. The number of aromatic nitrogens is 1. The van der Waals surface area contributed by atoms with Crippen LogP contribution in [-0.4, -0.2) is 88.2 Å². The molecule has 4 rings (SSSR count). The van der Waals surface area contributed by atoms with Gasteiger partial charge < -0.3 is 24.0 Å². The first-order chi connectivity index (χ1) is 20.2. The first-order valence-electron chi connectivity index (χ1n) is 13.5. The molecule has 3 aromatic rings. The van der Waals surface area contributed by atoms with E-state index in [9.17, 15) is 26.7 Å². The summed E-state index contributed by atoms with van der Waals surface area (Å²) in [5.74, 6) is -0.388. The summed E-state index contributed by atoms with van der Waals surface area (Å²) in [5.41, 5.74) is 0.180. The van der Waals surface area contributed by atoms with Crippen molar-refractivity contribution in [1.29, 1.82) is 0 Å². The first kappa shape index (κ1) is 32.3. The number of methoxy groups -OCH3 is 1. The molecule has 0 fully saturated rings. The van der Waals surface area contributed by atoms with Gasteiger partial charge in [-0.1, -0.05) is 18.1 Å². The number of nitrogens with zero attached hydrogens (tertiary/aromatic N) is 3. The molecule has 0 unspecified atom stereocenters. The number of para-hydroxylation sites is 1. The molecular formula is C28H36N4O9S2.